The fraction of sp³-hybridized carbons (Fsp3) is 0.250. The van der Waals surface area contributed by atoms with Gasteiger partial charge in [-0.2, -0.15) is 0 Å². The molecule has 0 aliphatic carbocycles. The first-order valence-electron chi connectivity index (χ1n) is 5.23. The standard InChI is InChI=1S/C12H12Cl2N2S/c1-8(2)12-6-16(7-15-12)17-11-4-9(13)3-10(14)5-11/h3-8H,1-2H3. The van der Waals surface area contributed by atoms with Crippen LogP contribution in [0.3, 0.4) is 0 Å². The Morgan fingerprint density at radius 1 is 1.18 bits per heavy atom. The van der Waals surface area contributed by atoms with Crippen LogP contribution in [0.25, 0.3) is 0 Å². The van der Waals surface area contributed by atoms with Crippen molar-refractivity contribution < 1.29 is 0 Å². The summed E-state index contributed by atoms with van der Waals surface area (Å²) in [6.07, 6.45) is 3.82. The second-order valence-electron chi connectivity index (χ2n) is 4.01. The van der Waals surface area contributed by atoms with Gasteiger partial charge in [0.1, 0.15) is 6.33 Å². The van der Waals surface area contributed by atoms with Gasteiger partial charge in [0, 0.05) is 21.1 Å². The fourth-order valence-electron chi connectivity index (χ4n) is 1.37. The van der Waals surface area contributed by atoms with E-state index in [9.17, 15) is 0 Å². The van der Waals surface area contributed by atoms with Gasteiger partial charge in [-0.25, -0.2) is 4.98 Å². The summed E-state index contributed by atoms with van der Waals surface area (Å²) < 4.78 is 1.96. The quantitative estimate of drug-likeness (QED) is 0.801. The van der Waals surface area contributed by atoms with Crippen molar-refractivity contribution in [2.75, 3.05) is 0 Å². The van der Waals surface area contributed by atoms with Crippen LogP contribution in [-0.2, 0) is 0 Å². The topological polar surface area (TPSA) is 17.8 Å². The fourth-order valence-corrected chi connectivity index (χ4v) is 2.88. The molecule has 0 saturated carbocycles. The van der Waals surface area contributed by atoms with Gasteiger partial charge in [-0.3, -0.25) is 3.97 Å². The molecule has 17 heavy (non-hydrogen) atoms. The third kappa shape index (κ3) is 3.41. The highest BCUT2D eigenvalue weighted by Crippen LogP contribution is 2.28. The molecule has 0 atom stereocenters. The Balaban J connectivity index is 2.19. The van der Waals surface area contributed by atoms with Crippen molar-refractivity contribution in [3.8, 4) is 0 Å². The molecule has 2 aromatic rings. The number of aromatic nitrogens is 2. The molecule has 0 amide bonds. The molecule has 2 rings (SSSR count). The smallest absolute Gasteiger partial charge is 0.105 e. The molecule has 0 spiro atoms. The maximum absolute atomic E-state index is 5.95. The minimum Gasteiger partial charge on any atom is -0.276 e. The Labute approximate surface area is 115 Å². The number of imidazole rings is 1. The molecular formula is C12H12Cl2N2S. The zero-order valence-corrected chi connectivity index (χ0v) is 11.9. The van der Waals surface area contributed by atoms with Gasteiger partial charge < -0.3 is 0 Å². The molecule has 1 aromatic heterocycles. The zero-order valence-electron chi connectivity index (χ0n) is 9.52. The lowest BCUT2D eigenvalue weighted by Gasteiger charge is -2.03. The Morgan fingerprint density at radius 2 is 1.82 bits per heavy atom. The van der Waals surface area contributed by atoms with Crippen molar-refractivity contribution in [3.63, 3.8) is 0 Å². The van der Waals surface area contributed by atoms with Gasteiger partial charge in [0.25, 0.3) is 0 Å². The second-order valence-corrected chi connectivity index (χ2v) is 5.96. The van der Waals surface area contributed by atoms with Crippen molar-refractivity contribution in [1.82, 2.24) is 8.96 Å². The molecule has 5 heteroatoms. The number of hydrogen-bond donors (Lipinski definition) is 0. The van der Waals surface area contributed by atoms with E-state index in [4.69, 9.17) is 23.2 Å². The number of nitrogens with zero attached hydrogens (tertiary/aromatic N) is 2. The van der Waals surface area contributed by atoms with Gasteiger partial charge in [-0.15, -0.1) is 0 Å². The molecular weight excluding hydrogens is 275 g/mol. The van der Waals surface area contributed by atoms with Gasteiger partial charge in [0.2, 0.25) is 0 Å². The highest BCUT2D eigenvalue weighted by atomic mass is 35.5. The number of hydrogen-bond acceptors (Lipinski definition) is 2. The summed E-state index contributed by atoms with van der Waals surface area (Å²) >= 11 is 13.4. The van der Waals surface area contributed by atoms with E-state index in [1.54, 1.807) is 12.4 Å². The van der Waals surface area contributed by atoms with Crippen LogP contribution in [0.2, 0.25) is 10.0 Å². The van der Waals surface area contributed by atoms with E-state index in [2.05, 4.69) is 18.8 Å². The Bertz CT molecular complexity index is 503. The summed E-state index contributed by atoms with van der Waals surface area (Å²) in [5.74, 6) is 0.430. The van der Waals surface area contributed by atoms with E-state index < -0.39 is 0 Å². The van der Waals surface area contributed by atoms with E-state index in [0.717, 1.165) is 10.6 Å². The van der Waals surface area contributed by atoms with Crippen molar-refractivity contribution >= 4 is 35.1 Å². The van der Waals surface area contributed by atoms with Gasteiger partial charge in [0.15, 0.2) is 0 Å². The lowest BCUT2D eigenvalue weighted by molar-refractivity contribution is 0.832. The van der Waals surface area contributed by atoms with Crippen LogP contribution >= 0.6 is 35.1 Å². The first-order valence-corrected chi connectivity index (χ1v) is 6.76. The molecule has 0 bridgehead atoms. The minimum absolute atomic E-state index is 0.430. The summed E-state index contributed by atoms with van der Waals surface area (Å²) in [5, 5.41) is 1.29. The SMILES string of the molecule is CC(C)c1cn(Sc2cc(Cl)cc(Cl)c2)cn1. The van der Waals surface area contributed by atoms with Crippen LogP contribution in [0.15, 0.2) is 35.6 Å². The zero-order chi connectivity index (χ0) is 12.4. The summed E-state index contributed by atoms with van der Waals surface area (Å²) in [6, 6.07) is 5.49. The predicted molar refractivity (Wildman–Crippen MR) is 74.0 cm³/mol. The Morgan fingerprint density at radius 3 is 2.35 bits per heavy atom. The first-order chi connectivity index (χ1) is 8.04. The molecule has 2 nitrogen and oxygen atoms in total. The largest absolute Gasteiger partial charge is 0.276 e. The molecule has 1 aromatic carbocycles. The van der Waals surface area contributed by atoms with Gasteiger partial charge in [-0.05, 0) is 36.1 Å². The minimum atomic E-state index is 0.430. The average molecular weight is 287 g/mol. The van der Waals surface area contributed by atoms with Gasteiger partial charge in [0.05, 0.1) is 5.69 Å². The maximum atomic E-state index is 5.95. The van der Waals surface area contributed by atoms with E-state index in [0.29, 0.717) is 16.0 Å². The average Bonchev–Trinajstić information content (AvgIpc) is 2.64. The predicted octanol–water partition coefficient (Wildman–Crippen LogP) is 4.87. The summed E-state index contributed by atoms with van der Waals surface area (Å²) in [5.41, 5.74) is 1.07. The molecule has 1 heterocycles. The number of rotatable bonds is 3. The van der Waals surface area contributed by atoms with Crippen LogP contribution in [0, 0.1) is 0 Å². The molecule has 0 radical (unpaired) electrons. The molecule has 0 aliphatic rings. The second kappa shape index (κ2) is 5.34. The van der Waals surface area contributed by atoms with Crippen LogP contribution in [0.4, 0.5) is 0 Å². The molecule has 0 fully saturated rings. The van der Waals surface area contributed by atoms with Gasteiger partial charge >= 0.3 is 0 Å². The summed E-state index contributed by atoms with van der Waals surface area (Å²) in [7, 11) is 0. The highest BCUT2D eigenvalue weighted by molar-refractivity contribution is 7.97. The summed E-state index contributed by atoms with van der Waals surface area (Å²) in [6.45, 7) is 4.24. The molecule has 0 N–H and O–H groups in total. The number of benzene rings is 1. The van der Waals surface area contributed by atoms with E-state index in [1.807, 2.05) is 22.3 Å². The third-order valence-electron chi connectivity index (χ3n) is 2.22. The van der Waals surface area contributed by atoms with E-state index in [-0.39, 0.29) is 0 Å². The van der Waals surface area contributed by atoms with Crippen LogP contribution in [0.1, 0.15) is 25.5 Å². The summed E-state index contributed by atoms with van der Waals surface area (Å²) in [4.78, 5) is 5.33. The number of halogens is 2. The van der Waals surface area contributed by atoms with Crippen LogP contribution in [0.5, 0.6) is 0 Å². The molecule has 0 unspecified atom stereocenters. The third-order valence-corrected chi connectivity index (χ3v) is 3.51. The van der Waals surface area contributed by atoms with Crippen LogP contribution in [-0.4, -0.2) is 8.96 Å². The highest BCUT2D eigenvalue weighted by Gasteiger charge is 2.05. The van der Waals surface area contributed by atoms with Crippen LogP contribution < -0.4 is 0 Å². The Kier molecular flexibility index (Phi) is 4.02. The van der Waals surface area contributed by atoms with E-state index in [1.165, 1.54) is 11.9 Å². The molecule has 0 saturated heterocycles. The molecule has 90 valence electrons. The van der Waals surface area contributed by atoms with Crippen molar-refractivity contribution in [1.29, 1.82) is 0 Å². The Hall–Kier alpha value is -0.640. The maximum Gasteiger partial charge on any atom is 0.105 e. The van der Waals surface area contributed by atoms with Crippen molar-refractivity contribution in [3.05, 3.63) is 46.5 Å². The van der Waals surface area contributed by atoms with Gasteiger partial charge in [-0.1, -0.05) is 37.0 Å². The molecule has 0 aliphatic heterocycles. The lowest BCUT2D eigenvalue weighted by Crippen LogP contribution is -1.85. The van der Waals surface area contributed by atoms with Crippen molar-refractivity contribution in [2.24, 2.45) is 0 Å². The van der Waals surface area contributed by atoms with Crippen molar-refractivity contribution in [2.45, 2.75) is 24.7 Å². The normalized spacial score (nSPS) is 11.1. The lowest BCUT2D eigenvalue weighted by atomic mass is 10.2. The van der Waals surface area contributed by atoms with E-state index >= 15 is 0 Å². The first kappa shape index (κ1) is 12.8. The monoisotopic (exact) mass is 286 g/mol.